The molecule has 10 heteroatoms. The van der Waals surface area contributed by atoms with Gasteiger partial charge in [-0.1, -0.05) is 0 Å². The van der Waals surface area contributed by atoms with Crippen LogP contribution in [0.5, 0.6) is 0 Å². The Morgan fingerprint density at radius 3 is 2.75 bits per heavy atom. The number of anilines is 1. The summed E-state index contributed by atoms with van der Waals surface area (Å²) in [7, 11) is 1.90. The molecule has 0 radical (unpaired) electrons. The van der Waals surface area contributed by atoms with E-state index in [-0.39, 0.29) is 17.3 Å². The first-order valence-corrected chi connectivity index (χ1v) is 12.6. The predicted octanol–water partition coefficient (Wildman–Crippen LogP) is 3.09. The molecule has 1 amide bonds. The van der Waals surface area contributed by atoms with E-state index in [1.54, 1.807) is 18.6 Å². The smallest absolute Gasteiger partial charge is 0.409 e. The molecule has 2 saturated heterocycles. The van der Waals surface area contributed by atoms with Crippen molar-refractivity contribution in [3.05, 3.63) is 36.7 Å². The normalized spacial score (nSPS) is 19.3. The van der Waals surface area contributed by atoms with Crippen molar-refractivity contribution >= 4 is 28.8 Å². The molecule has 0 bridgehead atoms. The molecule has 0 aromatic carbocycles. The number of pyridine rings is 2. The minimum Gasteiger partial charge on any atom is -0.450 e. The third-order valence-electron chi connectivity index (χ3n) is 7.82. The summed E-state index contributed by atoms with van der Waals surface area (Å²) >= 11 is 0. The second-order valence-electron chi connectivity index (χ2n) is 10.2. The predicted molar refractivity (Wildman–Crippen MR) is 134 cm³/mol. The van der Waals surface area contributed by atoms with Crippen LogP contribution in [0.15, 0.2) is 30.9 Å². The Morgan fingerprint density at radius 1 is 1.17 bits per heavy atom. The lowest BCUT2D eigenvalue weighted by molar-refractivity contribution is -0.531. The monoisotopic (exact) mass is 492 g/mol. The molecule has 1 saturated carbocycles. The number of amides is 1. The van der Waals surface area contributed by atoms with Gasteiger partial charge in [0.2, 0.25) is 0 Å². The molecule has 0 unspecified atom stereocenters. The number of hydrogen-bond donors (Lipinski definition) is 0. The first-order valence-electron chi connectivity index (χ1n) is 12.6. The van der Waals surface area contributed by atoms with Gasteiger partial charge in [0.1, 0.15) is 17.2 Å². The molecule has 2 aliphatic heterocycles. The third-order valence-corrected chi connectivity index (χ3v) is 7.82. The Hall–Kier alpha value is -3.56. The van der Waals surface area contributed by atoms with Crippen LogP contribution >= 0.6 is 0 Å². The van der Waals surface area contributed by atoms with Gasteiger partial charge in [0.05, 0.1) is 32.2 Å². The first kappa shape index (κ1) is 22.9. The molecule has 1 aliphatic carbocycles. The average molecular weight is 493 g/mol. The fourth-order valence-corrected chi connectivity index (χ4v) is 5.96. The van der Waals surface area contributed by atoms with E-state index in [4.69, 9.17) is 4.74 Å². The molecular weight excluding hydrogens is 461 g/mol. The highest BCUT2D eigenvalue weighted by atomic mass is 19.1. The van der Waals surface area contributed by atoms with Crippen molar-refractivity contribution in [3.63, 3.8) is 0 Å². The number of imidazole rings is 1. The number of aryl methyl sites for hydroxylation is 1. The van der Waals surface area contributed by atoms with Crippen LogP contribution in [-0.2, 0) is 11.8 Å². The number of nitrogens with zero attached hydrogens (tertiary/aromatic N) is 7. The summed E-state index contributed by atoms with van der Waals surface area (Å²) in [6.45, 7) is 7.30. The number of likely N-dealkylation sites (tertiary alicyclic amines) is 1. The molecule has 0 atom stereocenters. The quantitative estimate of drug-likeness (QED) is 0.523. The molecule has 3 aromatic heterocycles. The van der Waals surface area contributed by atoms with Gasteiger partial charge in [-0.2, -0.15) is 0 Å². The molecule has 6 rings (SSSR count). The topological polar surface area (TPSA) is 79.4 Å². The molecular formula is C26H31FN7O2+. The number of piperazine rings is 1. The van der Waals surface area contributed by atoms with Crippen molar-refractivity contribution in [3.8, 4) is 11.1 Å². The van der Waals surface area contributed by atoms with E-state index in [1.807, 2.05) is 29.5 Å². The summed E-state index contributed by atoms with van der Waals surface area (Å²) in [6, 6.07) is 3.49. The maximum Gasteiger partial charge on any atom is 0.409 e. The van der Waals surface area contributed by atoms with Gasteiger partial charge < -0.3 is 19.1 Å². The minimum absolute atomic E-state index is 0.190. The van der Waals surface area contributed by atoms with E-state index in [1.165, 1.54) is 11.9 Å². The lowest BCUT2D eigenvalue weighted by Gasteiger charge is -2.46. The average Bonchev–Trinajstić information content (AvgIpc) is 3.48. The highest BCUT2D eigenvalue weighted by Crippen LogP contribution is 2.44. The number of fused-ring (bicyclic) bond motifs is 1. The molecule has 5 heterocycles. The number of hydrogen-bond acceptors (Lipinski definition) is 6. The molecule has 188 valence electrons. The Kier molecular flexibility index (Phi) is 5.61. The van der Waals surface area contributed by atoms with Crippen molar-refractivity contribution in [1.82, 2.24) is 24.4 Å². The molecule has 3 aliphatic rings. The molecule has 0 N–H and O–H groups in total. The van der Waals surface area contributed by atoms with Crippen LogP contribution in [-0.4, -0.2) is 86.7 Å². The number of ether oxygens (including phenoxy) is 1. The summed E-state index contributed by atoms with van der Waals surface area (Å²) in [4.78, 5) is 29.5. The number of rotatable bonds is 3. The maximum atomic E-state index is 14.3. The fraction of sp³-hybridized carbons (Fsp3) is 0.500. The van der Waals surface area contributed by atoms with Gasteiger partial charge in [-0.25, -0.2) is 28.7 Å². The zero-order chi connectivity index (χ0) is 24.9. The Balaban J connectivity index is 1.16. The third kappa shape index (κ3) is 3.98. The molecule has 3 aromatic rings. The van der Waals surface area contributed by atoms with E-state index in [2.05, 4.69) is 24.4 Å². The number of carbonyl (C=O) groups excluding carboxylic acids is 1. The number of carbonyl (C=O) groups is 1. The molecule has 3 fully saturated rings. The summed E-state index contributed by atoms with van der Waals surface area (Å²) in [6.07, 6.45) is 7.88. The van der Waals surface area contributed by atoms with Gasteiger partial charge in [-0.3, -0.25) is 0 Å². The van der Waals surface area contributed by atoms with Gasteiger partial charge in [-0.05, 0) is 25.5 Å². The number of halogens is 1. The summed E-state index contributed by atoms with van der Waals surface area (Å²) < 4.78 is 23.8. The van der Waals surface area contributed by atoms with E-state index >= 15 is 0 Å². The van der Waals surface area contributed by atoms with E-state index < -0.39 is 0 Å². The van der Waals surface area contributed by atoms with Gasteiger partial charge >= 0.3 is 6.09 Å². The zero-order valence-electron chi connectivity index (χ0n) is 20.8. The summed E-state index contributed by atoms with van der Waals surface area (Å²) in [5.74, 6) is 0.419. The van der Waals surface area contributed by atoms with Gasteiger partial charge in [-0.15, -0.1) is 0 Å². The van der Waals surface area contributed by atoms with Crippen LogP contribution < -0.4 is 4.90 Å². The van der Waals surface area contributed by atoms with Crippen LogP contribution in [0.1, 0.15) is 26.2 Å². The highest BCUT2D eigenvalue weighted by Gasteiger charge is 2.51. The Bertz CT molecular complexity index is 1350. The van der Waals surface area contributed by atoms with Crippen LogP contribution in [0.3, 0.4) is 0 Å². The van der Waals surface area contributed by atoms with Crippen molar-refractivity contribution in [2.75, 3.05) is 50.8 Å². The van der Waals surface area contributed by atoms with Crippen LogP contribution in [0.4, 0.5) is 15.0 Å². The van der Waals surface area contributed by atoms with E-state index in [9.17, 15) is 9.18 Å². The zero-order valence-corrected chi connectivity index (χ0v) is 20.8. The fourth-order valence-electron chi connectivity index (χ4n) is 5.96. The molecule has 1 spiro atoms. The lowest BCUT2D eigenvalue weighted by Crippen LogP contribution is -2.57. The SMILES string of the molecule is CCOC(=O)N1CC2(CCC(=[N+]3CCN(c4ncc(F)cc4-c4cnc5c(c4)ncn5C)CC3)C2)C1. The lowest BCUT2D eigenvalue weighted by atomic mass is 9.78. The Labute approximate surface area is 209 Å². The standard InChI is InChI=1S/C26H31FN7O2/c1-3-36-25(35)34-15-26(16-34)5-4-20(12-26)32-6-8-33(9-7-32)23-21(11-19(27)14-29-23)18-10-22-24(28-13-18)31(2)17-30-22/h10-11,13-14,17H,3-9,12,15-16H2,1-2H3/q+1. The summed E-state index contributed by atoms with van der Waals surface area (Å²) in [5.41, 5.74) is 4.84. The Morgan fingerprint density at radius 2 is 1.97 bits per heavy atom. The van der Waals surface area contributed by atoms with Crippen LogP contribution in [0.25, 0.3) is 22.3 Å². The van der Waals surface area contributed by atoms with Gasteiger partial charge in [0.15, 0.2) is 24.4 Å². The molecule has 36 heavy (non-hydrogen) atoms. The summed E-state index contributed by atoms with van der Waals surface area (Å²) in [5, 5.41) is 0. The van der Waals surface area contributed by atoms with E-state index in [0.29, 0.717) is 6.61 Å². The van der Waals surface area contributed by atoms with Crippen molar-refractivity contribution in [2.24, 2.45) is 12.5 Å². The van der Waals surface area contributed by atoms with Crippen molar-refractivity contribution in [1.29, 1.82) is 0 Å². The van der Waals surface area contributed by atoms with Gasteiger partial charge in [0, 0.05) is 55.7 Å². The van der Waals surface area contributed by atoms with E-state index in [0.717, 1.165) is 86.6 Å². The molecule has 9 nitrogen and oxygen atoms in total. The number of aromatic nitrogens is 4. The van der Waals surface area contributed by atoms with Crippen molar-refractivity contribution in [2.45, 2.75) is 26.2 Å². The van der Waals surface area contributed by atoms with Crippen LogP contribution in [0, 0.1) is 11.2 Å². The maximum absolute atomic E-state index is 14.3. The largest absolute Gasteiger partial charge is 0.450 e. The van der Waals surface area contributed by atoms with Crippen LogP contribution in [0.2, 0.25) is 0 Å². The first-order chi connectivity index (χ1) is 17.4. The second-order valence-corrected chi connectivity index (χ2v) is 10.2. The van der Waals surface area contributed by atoms with Crippen molar-refractivity contribution < 1.29 is 18.5 Å². The van der Waals surface area contributed by atoms with Gasteiger partial charge in [0.25, 0.3) is 0 Å². The minimum atomic E-state index is -0.363. The second kappa shape index (κ2) is 8.83. The highest BCUT2D eigenvalue weighted by molar-refractivity contribution is 5.84.